The molecule has 258 valence electrons. The number of carbonyl (C=O) groups is 4. The van der Waals surface area contributed by atoms with Crippen molar-refractivity contribution in [2.75, 3.05) is 13.2 Å². The van der Waals surface area contributed by atoms with E-state index in [0.29, 0.717) is 12.8 Å². The summed E-state index contributed by atoms with van der Waals surface area (Å²) < 4.78 is 10.8. The van der Waals surface area contributed by atoms with Gasteiger partial charge in [0.25, 0.3) is 0 Å². The maximum absolute atomic E-state index is 12.4. The number of amides is 2. The van der Waals surface area contributed by atoms with Crippen molar-refractivity contribution in [2.24, 2.45) is 0 Å². The number of fused-ring (bicyclic) bond motifs is 3. The SMILES string of the molecule is CC(C)(C)OC(=O)CCCCCCCCCCCCCC(=O)N[C@@H](CCNC(=O)OCC1c2ccccc2-c2ccccc21)C(=O)O. The maximum Gasteiger partial charge on any atom is 0.407 e. The van der Waals surface area contributed by atoms with E-state index in [0.717, 1.165) is 60.8 Å². The zero-order valence-corrected chi connectivity index (χ0v) is 28.5. The molecule has 3 rings (SSSR count). The summed E-state index contributed by atoms with van der Waals surface area (Å²) in [6.07, 6.45) is 11.9. The molecule has 47 heavy (non-hydrogen) atoms. The zero-order valence-electron chi connectivity index (χ0n) is 28.5. The summed E-state index contributed by atoms with van der Waals surface area (Å²) in [7, 11) is 0. The first-order valence-corrected chi connectivity index (χ1v) is 17.4. The van der Waals surface area contributed by atoms with Gasteiger partial charge in [-0.1, -0.05) is 106 Å². The Morgan fingerprint density at radius 3 is 1.74 bits per heavy atom. The molecule has 0 aromatic heterocycles. The molecule has 0 saturated carbocycles. The van der Waals surface area contributed by atoms with Crippen molar-refractivity contribution in [3.8, 4) is 11.1 Å². The molecule has 2 aromatic carbocycles. The number of ether oxygens (including phenoxy) is 2. The third kappa shape index (κ3) is 13.8. The molecule has 2 aromatic rings. The molecule has 0 heterocycles. The number of carboxylic acid groups (broad SMARTS) is 1. The fourth-order valence-corrected chi connectivity index (χ4v) is 6.03. The lowest BCUT2D eigenvalue weighted by atomic mass is 9.98. The first kappa shape index (κ1) is 37.6. The van der Waals surface area contributed by atoms with Crippen LogP contribution in [0.4, 0.5) is 4.79 Å². The van der Waals surface area contributed by atoms with E-state index >= 15 is 0 Å². The summed E-state index contributed by atoms with van der Waals surface area (Å²) in [5.74, 6) is -1.59. The summed E-state index contributed by atoms with van der Waals surface area (Å²) in [5.41, 5.74) is 4.11. The van der Waals surface area contributed by atoms with E-state index in [1.807, 2.05) is 57.2 Å². The minimum Gasteiger partial charge on any atom is -0.480 e. The average molecular weight is 651 g/mol. The van der Waals surface area contributed by atoms with Crippen LogP contribution in [0, 0.1) is 0 Å². The number of esters is 1. The highest BCUT2D eigenvalue weighted by atomic mass is 16.6. The van der Waals surface area contributed by atoms with Crippen LogP contribution in [0.25, 0.3) is 11.1 Å². The van der Waals surface area contributed by atoms with Crippen LogP contribution in [0.5, 0.6) is 0 Å². The topological polar surface area (TPSA) is 131 Å². The third-order valence-corrected chi connectivity index (χ3v) is 8.38. The van der Waals surface area contributed by atoms with Gasteiger partial charge in [-0.25, -0.2) is 9.59 Å². The van der Waals surface area contributed by atoms with Crippen molar-refractivity contribution in [1.82, 2.24) is 10.6 Å². The second-order valence-electron chi connectivity index (χ2n) is 13.5. The van der Waals surface area contributed by atoms with E-state index in [-0.39, 0.29) is 43.8 Å². The van der Waals surface area contributed by atoms with Gasteiger partial charge in [-0.15, -0.1) is 0 Å². The fraction of sp³-hybridized carbons (Fsp3) is 0.579. The van der Waals surface area contributed by atoms with Gasteiger partial charge in [0.15, 0.2) is 0 Å². The van der Waals surface area contributed by atoms with Crippen molar-refractivity contribution in [3.05, 3.63) is 59.7 Å². The summed E-state index contributed by atoms with van der Waals surface area (Å²) in [6, 6.07) is 15.1. The number of alkyl carbamates (subject to hydrolysis) is 1. The van der Waals surface area contributed by atoms with E-state index in [1.165, 1.54) is 25.7 Å². The molecule has 3 N–H and O–H groups in total. The molecule has 0 saturated heterocycles. The Balaban J connectivity index is 1.19. The van der Waals surface area contributed by atoms with E-state index in [9.17, 15) is 24.3 Å². The Hall–Kier alpha value is -3.88. The molecular weight excluding hydrogens is 596 g/mol. The quantitative estimate of drug-likeness (QED) is 0.0925. The second kappa shape index (κ2) is 19.7. The summed E-state index contributed by atoms with van der Waals surface area (Å²) in [5, 5.41) is 14.8. The molecule has 0 aliphatic heterocycles. The van der Waals surface area contributed by atoms with Gasteiger partial charge >= 0.3 is 18.0 Å². The molecule has 0 fully saturated rings. The highest BCUT2D eigenvalue weighted by Gasteiger charge is 2.29. The largest absolute Gasteiger partial charge is 0.480 e. The number of aliphatic carboxylic acids is 1. The Morgan fingerprint density at radius 1 is 0.745 bits per heavy atom. The molecule has 1 aliphatic rings. The first-order chi connectivity index (χ1) is 22.5. The van der Waals surface area contributed by atoms with Gasteiger partial charge < -0.3 is 25.2 Å². The number of hydrogen-bond acceptors (Lipinski definition) is 6. The smallest absolute Gasteiger partial charge is 0.407 e. The Morgan fingerprint density at radius 2 is 1.23 bits per heavy atom. The van der Waals surface area contributed by atoms with Crippen LogP contribution in [0.1, 0.15) is 128 Å². The monoisotopic (exact) mass is 650 g/mol. The first-order valence-electron chi connectivity index (χ1n) is 17.4. The van der Waals surface area contributed by atoms with Crippen LogP contribution in [0.15, 0.2) is 48.5 Å². The van der Waals surface area contributed by atoms with Gasteiger partial charge in [-0.2, -0.15) is 0 Å². The molecule has 9 nitrogen and oxygen atoms in total. The van der Waals surface area contributed by atoms with Crippen molar-refractivity contribution < 1.29 is 33.8 Å². The fourth-order valence-electron chi connectivity index (χ4n) is 6.03. The van der Waals surface area contributed by atoms with Crippen LogP contribution in [0.2, 0.25) is 0 Å². The lowest BCUT2D eigenvalue weighted by molar-refractivity contribution is -0.155. The Bertz CT molecular complexity index is 1260. The van der Waals surface area contributed by atoms with Gasteiger partial charge in [0, 0.05) is 25.3 Å². The molecule has 1 aliphatic carbocycles. The lowest BCUT2D eigenvalue weighted by Crippen LogP contribution is -2.43. The number of hydrogen-bond donors (Lipinski definition) is 3. The van der Waals surface area contributed by atoms with Crippen molar-refractivity contribution in [2.45, 2.75) is 128 Å². The molecule has 0 unspecified atom stereocenters. The minimum atomic E-state index is -1.13. The number of carbonyl (C=O) groups excluding carboxylic acids is 3. The third-order valence-electron chi connectivity index (χ3n) is 8.38. The zero-order chi connectivity index (χ0) is 34.1. The van der Waals surface area contributed by atoms with Crippen LogP contribution in [0.3, 0.4) is 0 Å². The standard InChI is InChI=1S/C38H54N2O7/c1-38(2,3)47-35(42)24-14-12-10-8-6-4-5-7-9-11-13-23-34(41)40-33(36(43)44)25-26-39-37(45)46-27-32-30-21-17-15-19-28(30)29-20-16-18-22-31(29)32/h15-22,32-33H,4-14,23-27H2,1-3H3,(H,39,45)(H,40,41)(H,43,44)/t33-/m0/s1. The van der Waals surface area contributed by atoms with Gasteiger partial charge in [-0.3, -0.25) is 9.59 Å². The molecule has 0 radical (unpaired) electrons. The Kier molecular flexibility index (Phi) is 15.8. The van der Waals surface area contributed by atoms with Crippen LogP contribution in [-0.4, -0.2) is 53.8 Å². The van der Waals surface area contributed by atoms with E-state index in [2.05, 4.69) is 22.8 Å². The summed E-state index contributed by atoms with van der Waals surface area (Å²) in [4.78, 5) is 48.2. The predicted molar refractivity (Wildman–Crippen MR) is 183 cm³/mol. The van der Waals surface area contributed by atoms with E-state index in [1.54, 1.807) is 0 Å². The van der Waals surface area contributed by atoms with Gasteiger partial charge in [-0.05, 0) is 62.3 Å². The number of nitrogens with one attached hydrogen (secondary N) is 2. The predicted octanol–water partition coefficient (Wildman–Crippen LogP) is 7.90. The maximum atomic E-state index is 12.4. The highest BCUT2D eigenvalue weighted by molar-refractivity contribution is 5.83. The summed E-state index contributed by atoms with van der Waals surface area (Å²) >= 11 is 0. The number of benzene rings is 2. The number of rotatable bonds is 21. The van der Waals surface area contributed by atoms with E-state index in [4.69, 9.17) is 9.47 Å². The van der Waals surface area contributed by atoms with Gasteiger partial charge in [0.2, 0.25) is 5.91 Å². The van der Waals surface area contributed by atoms with Crippen molar-refractivity contribution >= 4 is 23.9 Å². The van der Waals surface area contributed by atoms with E-state index < -0.39 is 23.7 Å². The molecule has 1 atom stereocenters. The molecule has 0 bridgehead atoms. The molecule has 9 heteroatoms. The van der Waals surface area contributed by atoms with Crippen molar-refractivity contribution in [1.29, 1.82) is 0 Å². The second-order valence-corrected chi connectivity index (χ2v) is 13.5. The normalized spacial score (nSPS) is 12.9. The molecular formula is C38H54N2O7. The highest BCUT2D eigenvalue weighted by Crippen LogP contribution is 2.44. The van der Waals surface area contributed by atoms with Crippen LogP contribution >= 0.6 is 0 Å². The van der Waals surface area contributed by atoms with Gasteiger partial charge in [0.1, 0.15) is 18.2 Å². The lowest BCUT2D eigenvalue weighted by Gasteiger charge is -2.19. The van der Waals surface area contributed by atoms with Crippen LogP contribution < -0.4 is 10.6 Å². The number of unbranched alkanes of at least 4 members (excludes halogenated alkanes) is 10. The Labute approximate surface area is 280 Å². The van der Waals surface area contributed by atoms with Crippen LogP contribution in [-0.2, 0) is 23.9 Å². The van der Waals surface area contributed by atoms with Crippen molar-refractivity contribution in [3.63, 3.8) is 0 Å². The minimum absolute atomic E-state index is 0.0567. The average Bonchev–Trinajstić information content (AvgIpc) is 3.34. The molecule has 2 amide bonds. The van der Waals surface area contributed by atoms with Gasteiger partial charge in [0.05, 0.1) is 0 Å². The molecule has 0 spiro atoms. The number of carboxylic acids is 1. The summed E-state index contributed by atoms with van der Waals surface area (Å²) in [6.45, 7) is 5.91.